The first-order chi connectivity index (χ1) is 14.2. The highest BCUT2D eigenvalue weighted by Crippen LogP contribution is 2.50. The topological polar surface area (TPSA) is 46.2 Å². The second-order valence-electron chi connectivity index (χ2n) is 8.10. The lowest BCUT2D eigenvalue weighted by molar-refractivity contribution is 0.471. The van der Waals surface area contributed by atoms with E-state index in [0.717, 1.165) is 27.9 Å². The SMILES string of the molecule is CC(c1ccc(F)cc1)(c1ccc(Cl)cc1)C1CNc2c(CS(C)(=O)=O)cccc21. The number of hydrogen-bond donors (Lipinski definition) is 1. The summed E-state index contributed by atoms with van der Waals surface area (Å²) in [7, 11) is -3.16. The van der Waals surface area contributed by atoms with Crippen LogP contribution >= 0.6 is 11.6 Å². The van der Waals surface area contributed by atoms with Crippen LogP contribution in [0.5, 0.6) is 0 Å². The number of hydrogen-bond acceptors (Lipinski definition) is 3. The van der Waals surface area contributed by atoms with Gasteiger partial charge in [0.1, 0.15) is 5.82 Å². The van der Waals surface area contributed by atoms with Crippen molar-refractivity contribution in [3.05, 3.63) is 99.8 Å². The van der Waals surface area contributed by atoms with Crippen LogP contribution in [0, 0.1) is 5.82 Å². The van der Waals surface area contributed by atoms with Crippen LogP contribution in [0.25, 0.3) is 0 Å². The van der Waals surface area contributed by atoms with Crippen molar-refractivity contribution >= 4 is 27.1 Å². The van der Waals surface area contributed by atoms with Gasteiger partial charge in [-0.2, -0.15) is 0 Å². The van der Waals surface area contributed by atoms with E-state index in [1.54, 1.807) is 0 Å². The van der Waals surface area contributed by atoms with E-state index < -0.39 is 15.3 Å². The molecule has 0 spiro atoms. The zero-order valence-corrected chi connectivity index (χ0v) is 18.4. The molecule has 3 aromatic rings. The predicted octanol–water partition coefficient (Wildman–Crippen LogP) is 5.54. The van der Waals surface area contributed by atoms with Gasteiger partial charge in [-0.15, -0.1) is 0 Å². The molecule has 0 fully saturated rings. The Labute approximate surface area is 181 Å². The largest absolute Gasteiger partial charge is 0.384 e. The highest BCUT2D eigenvalue weighted by Gasteiger charge is 2.42. The minimum atomic E-state index is -3.16. The van der Waals surface area contributed by atoms with Crippen molar-refractivity contribution in [3.63, 3.8) is 0 Å². The molecular formula is C24H23ClFNO2S. The average molecular weight is 444 g/mol. The van der Waals surface area contributed by atoms with E-state index in [9.17, 15) is 12.8 Å². The summed E-state index contributed by atoms with van der Waals surface area (Å²) in [6.45, 7) is 2.79. The van der Waals surface area contributed by atoms with E-state index in [4.69, 9.17) is 11.6 Å². The van der Waals surface area contributed by atoms with Gasteiger partial charge in [0, 0.05) is 34.8 Å². The van der Waals surface area contributed by atoms with E-state index >= 15 is 0 Å². The molecule has 3 nitrogen and oxygen atoms in total. The molecule has 1 aliphatic heterocycles. The Kier molecular flexibility index (Phi) is 5.37. The van der Waals surface area contributed by atoms with Gasteiger partial charge >= 0.3 is 0 Å². The Morgan fingerprint density at radius 3 is 2.23 bits per heavy atom. The molecule has 3 aromatic carbocycles. The molecular weight excluding hydrogens is 421 g/mol. The van der Waals surface area contributed by atoms with Gasteiger partial charge < -0.3 is 5.32 Å². The van der Waals surface area contributed by atoms with E-state index in [1.165, 1.54) is 18.4 Å². The van der Waals surface area contributed by atoms with Gasteiger partial charge in [-0.25, -0.2) is 12.8 Å². The van der Waals surface area contributed by atoms with Crippen LogP contribution in [0.2, 0.25) is 5.02 Å². The molecule has 156 valence electrons. The number of anilines is 1. The third-order valence-electron chi connectivity index (χ3n) is 6.04. The molecule has 30 heavy (non-hydrogen) atoms. The lowest BCUT2D eigenvalue weighted by Crippen LogP contribution is -2.33. The summed E-state index contributed by atoms with van der Waals surface area (Å²) in [5.74, 6) is -0.263. The maximum Gasteiger partial charge on any atom is 0.151 e. The molecule has 0 saturated heterocycles. The Balaban J connectivity index is 1.88. The highest BCUT2D eigenvalue weighted by molar-refractivity contribution is 7.89. The number of rotatable bonds is 5. The third kappa shape index (κ3) is 3.84. The van der Waals surface area contributed by atoms with E-state index in [1.807, 2.05) is 54.6 Å². The molecule has 6 heteroatoms. The number of sulfone groups is 1. The number of para-hydroxylation sites is 1. The summed E-state index contributed by atoms with van der Waals surface area (Å²) in [5, 5.41) is 4.10. The molecule has 0 radical (unpaired) electrons. The lowest BCUT2D eigenvalue weighted by Gasteiger charge is -2.37. The fourth-order valence-electron chi connectivity index (χ4n) is 4.52. The van der Waals surface area contributed by atoms with Crippen molar-refractivity contribution in [1.29, 1.82) is 0 Å². The van der Waals surface area contributed by atoms with Crippen LogP contribution in [0.15, 0.2) is 66.7 Å². The van der Waals surface area contributed by atoms with Gasteiger partial charge in [0.2, 0.25) is 0 Å². The van der Waals surface area contributed by atoms with Crippen LogP contribution in [0.1, 0.15) is 35.1 Å². The third-order valence-corrected chi connectivity index (χ3v) is 7.13. The van der Waals surface area contributed by atoms with Crippen molar-refractivity contribution in [2.45, 2.75) is 24.0 Å². The lowest BCUT2D eigenvalue weighted by atomic mass is 9.65. The van der Waals surface area contributed by atoms with Crippen molar-refractivity contribution in [2.75, 3.05) is 18.1 Å². The van der Waals surface area contributed by atoms with Crippen LogP contribution in [-0.2, 0) is 21.0 Å². The van der Waals surface area contributed by atoms with Gasteiger partial charge in [0.15, 0.2) is 9.84 Å². The summed E-state index contributed by atoms with van der Waals surface area (Å²) >= 11 is 6.13. The van der Waals surface area contributed by atoms with E-state index in [2.05, 4.69) is 12.2 Å². The molecule has 0 saturated carbocycles. The quantitative estimate of drug-likeness (QED) is 0.563. The minimum Gasteiger partial charge on any atom is -0.384 e. The van der Waals surface area contributed by atoms with Crippen molar-refractivity contribution < 1.29 is 12.8 Å². The molecule has 0 aromatic heterocycles. The summed E-state index contributed by atoms with van der Waals surface area (Å²) in [4.78, 5) is 0. The first kappa shape index (κ1) is 20.9. The summed E-state index contributed by atoms with van der Waals surface area (Å²) in [6.07, 6.45) is 1.25. The summed E-state index contributed by atoms with van der Waals surface area (Å²) in [5.41, 5.74) is 4.30. The Hall–Kier alpha value is -2.37. The van der Waals surface area contributed by atoms with Crippen LogP contribution in [0.4, 0.5) is 10.1 Å². The Morgan fingerprint density at radius 2 is 1.63 bits per heavy atom. The zero-order valence-electron chi connectivity index (χ0n) is 16.8. The van der Waals surface area contributed by atoms with Crippen LogP contribution in [0.3, 0.4) is 0 Å². The van der Waals surface area contributed by atoms with Crippen LogP contribution in [-0.4, -0.2) is 21.2 Å². The van der Waals surface area contributed by atoms with E-state index in [-0.39, 0.29) is 17.5 Å². The molecule has 0 bridgehead atoms. The first-order valence-corrected chi connectivity index (χ1v) is 12.2. The van der Waals surface area contributed by atoms with Crippen LogP contribution < -0.4 is 5.32 Å². The normalized spacial score (nSPS) is 17.8. The van der Waals surface area contributed by atoms with Crippen molar-refractivity contribution in [2.24, 2.45) is 0 Å². The predicted molar refractivity (Wildman–Crippen MR) is 121 cm³/mol. The van der Waals surface area contributed by atoms with Gasteiger partial charge in [-0.1, -0.05) is 61.0 Å². The number of benzene rings is 3. The molecule has 2 unspecified atom stereocenters. The van der Waals surface area contributed by atoms with Gasteiger partial charge in [0.05, 0.1) is 5.75 Å². The molecule has 1 aliphatic rings. The molecule has 4 rings (SSSR count). The molecule has 1 N–H and O–H groups in total. The van der Waals surface area contributed by atoms with Crippen molar-refractivity contribution in [1.82, 2.24) is 0 Å². The fourth-order valence-corrected chi connectivity index (χ4v) is 5.45. The fraction of sp³-hybridized carbons (Fsp3) is 0.250. The maximum atomic E-state index is 13.7. The maximum absolute atomic E-state index is 13.7. The Morgan fingerprint density at radius 1 is 1.03 bits per heavy atom. The van der Waals surface area contributed by atoms with E-state index in [0.29, 0.717) is 11.6 Å². The minimum absolute atomic E-state index is 0.00982. The van der Waals surface area contributed by atoms with Crippen molar-refractivity contribution in [3.8, 4) is 0 Å². The number of nitrogens with one attached hydrogen (secondary N) is 1. The number of fused-ring (bicyclic) bond motifs is 1. The van der Waals surface area contributed by atoms with Gasteiger partial charge in [0.25, 0.3) is 0 Å². The standard InChI is InChI=1S/C24H23ClFNO2S/c1-24(17-6-10-19(25)11-7-17,18-8-12-20(26)13-9-18)22-14-27-23-16(15-30(2,28)29)4-3-5-21(22)23/h3-13,22,27H,14-15H2,1-2H3. The van der Waals surface area contributed by atoms with Gasteiger partial charge in [-0.3, -0.25) is 0 Å². The highest BCUT2D eigenvalue weighted by atomic mass is 35.5. The van der Waals surface area contributed by atoms with Gasteiger partial charge in [-0.05, 0) is 46.5 Å². The Bertz CT molecular complexity index is 1130. The molecule has 2 atom stereocenters. The smallest absolute Gasteiger partial charge is 0.151 e. The number of halogens is 2. The summed E-state index contributed by atoms with van der Waals surface area (Å²) in [6, 6.07) is 20.1. The second kappa shape index (κ2) is 7.71. The first-order valence-electron chi connectivity index (χ1n) is 9.74. The molecule has 0 aliphatic carbocycles. The summed E-state index contributed by atoms with van der Waals surface area (Å²) < 4.78 is 37.5. The monoisotopic (exact) mass is 443 g/mol. The molecule has 1 heterocycles. The zero-order chi connectivity index (χ0) is 21.5. The average Bonchev–Trinajstić information content (AvgIpc) is 3.13. The molecule has 0 amide bonds. The second-order valence-corrected chi connectivity index (χ2v) is 10.7.